The van der Waals surface area contributed by atoms with Crippen molar-refractivity contribution < 1.29 is 8.78 Å². The van der Waals surface area contributed by atoms with Crippen molar-refractivity contribution in [2.75, 3.05) is 9.80 Å². The van der Waals surface area contributed by atoms with E-state index in [0.717, 1.165) is 102 Å². The van der Waals surface area contributed by atoms with Gasteiger partial charge in [-0.2, -0.15) is 0 Å². The summed E-state index contributed by atoms with van der Waals surface area (Å²) >= 11 is 0. The van der Waals surface area contributed by atoms with Crippen molar-refractivity contribution in [3.63, 3.8) is 0 Å². The standard InChI is InChI=1S/C58H40F2N2/c59-45-21-27-47(28-22-45)61(49-25-19-39-11-7-9-17-43(39)35-49)51-32-34-54-55(37-51)57(41-13-3-1-4-14-41)53-33-31-52(38-56(53)58(54)42-15-5-2-6-16-42)62(48-29-23-46(60)24-30-48)50-26-20-40-12-8-10-18-44(40)36-50/h1-9,11-17,19-38H,10,18H2. The average Bonchev–Trinajstić information content (AvgIpc) is 3.32. The highest BCUT2D eigenvalue weighted by Crippen LogP contribution is 2.48. The summed E-state index contributed by atoms with van der Waals surface area (Å²) in [4.78, 5) is 4.45. The number of halogens is 2. The van der Waals surface area contributed by atoms with E-state index in [4.69, 9.17) is 0 Å². The van der Waals surface area contributed by atoms with Crippen LogP contribution in [-0.2, 0) is 6.42 Å². The summed E-state index contributed by atoms with van der Waals surface area (Å²) in [6.45, 7) is 0. The van der Waals surface area contributed by atoms with Gasteiger partial charge in [-0.15, -0.1) is 0 Å². The van der Waals surface area contributed by atoms with Crippen LogP contribution in [0.4, 0.5) is 42.9 Å². The largest absolute Gasteiger partial charge is 0.310 e. The molecule has 10 aromatic rings. The second-order valence-corrected chi connectivity index (χ2v) is 15.9. The first-order valence-electron chi connectivity index (χ1n) is 21.1. The van der Waals surface area contributed by atoms with E-state index in [1.165, 1.54) is 35.4 Å². The Labute approximate surface area is 359 Å². The number of hydrogen-bond acceptors (Lipinski definition) is 2. The van der Waals surface area contributed by atoms with Crippen LogP contribution in [0.5, 0.6) is 0 Å². The van der Waals surface area contributed by atoms with Gasteiger partial charge in [-0.05, 0) is 176 Å². The number of benzene rings is 10. The van der Waals surface area contributed by atoms with Gasteiger partial charge < -0.3 is 9.80 Å². The summed E-state index contributed by atoms with van der Waals surface area (Å²) in [7, 11) is 0. The quantitative estimate of drug-likeness (QED) is 0.141. The first kappa shape index (κ1) is 37.2. The Kier molecular flexibility index (Phi) is 9.39. The summed E-state index contributed by atoms with van der Waals surface area (Å²) in [5.41, 5.74) is 12.6. The van der Waals surface area contributed by atoms with E-state index in [2.05, 4.69) is 180 Å². The van der Waals surface area contributed by atoms with E-state index >= 15 is 0 Å². The van der Waals surface area contributed by atoms with Crippen LogP contribution in [-0.4, -0.2) is 0 Å². The molecule has 11 rings (SSSR count). The lowest BCUT2D eigenvalue weighted by Gasteiger charge is -2.29. The van der Waals surface area contributed by atoms with Crippen molar-refractivity contribution in [3.8, 4) is 22.3 Å². The zero-order valence-corrected chi connectivity index (χ0v) is 33.8. The molecule has 1 aliphatic carbocycles. The molecule has 2 nitrogen and oxygen atoms in total. The van der Waals surface area contributed by atoms with Crippen molar-refractivity contribution in [3.05, 3.63) is 235 Å². The van der Waals surface area contributed by atoms with E-state index in [0.29, 0.717) is 0 Å². The molecule has 0 amide bonds. The minimum absolute atomic E-state index is 0.272. The van der Waals surface area contributed by atoms with Gasteiger partial charge in [-0.3, -0.25) is 0 Å². The molecule has 4 heteroatoms. The van der Waals surface area contributed by atoms with Gasteiger partial charge in [0.2, 0.25) is 0 Å². The Bertz CT molecular complexity index is 3300. The van der Waals surface area contributed by atoms with Gasteiger partial charge in [-0.1, -0.05) is 121 Å². The Morgan fingerprint density at radius 3 is 1.37 bits per heavy atom. The number of anilines is 6. The SMILES string of the molecule is Fc1ccc(N(c2ccc3c(c2)CCC=C3)c2ccc3c(-c4ccccc4)c4cc(N(c5ccc(F)cc5)c5ccc6ccccc6c5)ccc4c(-c4ccccc4)c3c2)cc1. The van der Waals surface area contributed by atoms with Gasteiger partial charge >= 0.3 is 0 Å². The molecule has 0 aliphatic heterocycles. The topological polar surface area (TPSA) is 6.48 Å². The summed E-state index contributed by atoms with van der Waals surface area (Å²) in [5.74, 6) is -0.552. The van der Waals surface area contributed by atoms with E-state index in [-0.39, 0.29) is 11.6 Å². The van der Waals surface area contributed by atoms with Crippen molar-refractivity contribution in [1.29, 1.82) is 0 Å². The zero-order valence-electron chi connectivity index (χ0n) is 33.8. The van der Waals surface area contributed by atoms with E-state index in [9.17, 15) is 8.78 Å². The third-order valence-electron chi connectivity index (χ3n) is 12.1. The number of fused-ring (bicyclic) bond motifs is 4. The highest BCUT2D eigenvalue weighted by molar-refractivity contribution is 6.22. The highest BCUT2D eigenvalue weighted by Gasteiger charge is 2.23. The summed E-state index contributed by atoms with van der Waals surface area (Å²) in [6, 6.07) is 69.7. The Morgan fingerprint density at radius 2 is 0.806 bits per heavy atom. The zero-order chi connectivity index (χ0) is 41.6. The van der Waals surface area contributed by atoms with Crippen LogP contribution < -0.4 is 9.80 Å². The molecule has 1 aliphatic rings. The van der Waals surface area contributed by atoms with E-state index in [1.54, 1.807) is 0 Å². The Hall–Kier alpha value is -7.82. The molecule has 0 fully saturated rings. The molecule has 0 saturated carbocycles. The summed E-state index contributed by atoms with van der Waals surface area (Å²) in [6.07, 6.45) is 6.41. The molecular formula is C58H40F2N2. The number of allylic oxidation sites excluding steroid dienone is 1. The highest BCUT2D eigenvalue weighted by atomic mass is 19.1. The maximum atomic E-state index is 14.5. The third kappa shape index (κ3) is 6.76. The van der Waals surface area contributed by atoms with E-state index in [1.807, 2.05) is 24.3 Å². The normalized spacial score (nSPS) is 12.2. The maximum Gasteiger partial charge on any atom is 0.123 e. The van der Waals surface area contributed by atoms with Crippen LogP contribution in [0.15, 0.2) is 212 Å². The van der Waals surface area contributed by atoms with Crippen LogP contribution in [0, 0.1) is 11.6 Å². The predicted octanol–water partition coefficient (Wildman–Crippen LogP) is 16.7. The lowest BCUT2D eigenvalue weighted by Crippen LogP contribution is -2.11. The smallest absolute Gasteiger partial charge is 0.123 e. The van der Waals surface area contributed by atoms with Gasteiger partial charge in [0, 0.05) is 34.1 Å². The molecule has 0 bridgehead atoms. The van der Waals surface area contributed by atoms with Crippen molar-refractivity contribution in [1.82, 2.24) is 0 Å². The molecule has 0 radical (unpaired) electrons. The molecular weight excluding hydrogens is 763 g/mol. The lowest BCUT2D eigenvalue weighted by molar-refractivity contribution is 0.627. The molecule has 0 aromatic heterocycles. The Morgan fingerprint density at radius 1 is 0.355 bits per heavy atom. The molecule has 0 N–H and O–H groups in total. The number of hydrogen-bond donors (Lipinski definition) is 0. The van der Waals surface area contributed by atoms with Crippen molar-refractivity contribution in [2.24, 2.45) is 0 Å². The van der Waals surface area contributed by atoms with Gasteiger partial charge in [0.1, 0.15) is 11.6 Å². The van der Waals surface area contributed by atoms with E-state index < -0.39 is 0 Å². The first-order valence-corrected chi connectivity index (χ1v) is 21.1. The summed E-state index contributed by atoms with van der Waals surface area (Å²) in [5, 5.41) is 6.69. The molecule has 0 heterocycles. The average molecular weight is 803 g/mol. The second kappa shape index (κ2) is 15.7. The first-order chi connectivity index (χ1) is 30.6. The maximum absolute atomic E-state index is 14.5. The second-order valence-electron chi connectivity index (χ2n) is 15.9. The number of nitrogens with zero attached hydrogens (tertiary/aromatic N) is 2. The fourth-order valence-corrected chi connectivity index (χ4v) is 9.26. The third-order valence-corrected chi connectivity index (χ3v) is 12.1. The van der Waals surface area contributed by atoms with Crippen LogP contribution in [0.1, 0.15) is 17.5 Å². The molecule has 296 valence electrons. The molecule has 10 aromatic carbocycles. The minimum atomic E-state index is -0.280. The minimum Gasteiger partial charge on any atom is -0.310 e. The number of aryl methyl sites for hydroxylation is 1. The van der Waals surface area contributed by atoms with Crippen molar-refractivity contribution in [2.45, 2.75) is 12.8 Å². The van der Waals surface area contributed by atoms with Gasteiger partial charge in [-0.25, -0.2) is 8.78 Å². The van der Waals surface area contributed by atoms with Gasteiger partial charge in [0.25, 0.3) is 0 Å². The fourth-order valence-electron chi connectivity index (χ4n) is 9.26. The predicted molar refractivity (Wildman–Crippen MR) is 256 cm³/mol. The number of rotatable bonds is 8. The Balaban J connectivity index is 1.19. The molecule has 0 spiro atoms. The van der Waals surface area contributed by atoms with Gasteiger partial charge in [0.05, 0.1) is 0 Å². The fraction of sp³-hybridized carbons (Fsp3) is 0.0345. The molecule has 0 atom stereocenters. The molecule has 0 unspecified atom stereocenters. The van der Waals surface area contributed by atoms with Crippen LogP contribution in [0.25, 0.3) is 60.6 Å². The lowest BCUT2D eigenvalue weighted by atomic mass is 9.85. The van der Waals surface area contributed by atoms with Crippen LogP contribution in [0.2, 0.25) is 0 Å². The summed E-state index contributed by atoms with van der Waals surface area (Å²) < 4.78 is 29.0. The van der Waals surface area contributed by atoms with Crippen LogP contribution in [0.3, 0.4) is 0 Å². The van der Waals surface area contributed by atoms with Crippen LogP contribution >= 0.6 is 0 Å². The molecule has 62 heavy (non-hydrogen) atoms. The van der Waals surface area contributed by atoms with Crippen molar-refractivity contribution >= 4 is 72.5 Å². The monoisotopic (exact) mass is 802 g/mol. The molecule has 0 saturated heterocycles. The van der Waals surface area contributed by atoms with Gasteiger partial charge in [0.15, 0.2) is 0 Å².